The summed E-state index contributed by atoms with van der Waals surface area (Å²) in [5, 5.41) is 3.02. The average Bonchev–Trinajstić information content (AvgIpc) is 2.70. The first-order valence-electron chi connectivity index (χ1n) is 6.19. The third-order valence-corrected chi connectivity index (χ3v) is 3.19. The summed E-state index contributed by atoms with van der Waals surface area (Å²) in [6, 6.07) is 3.48. The van der Waals surface area contributed by atoms with E-state index in [1.54, 1.807) is 11.9 Å². The van der Waals surface area contributed by atoms with Crippen LogP contribution in [0.4, 0.5) is 13.2 Å². The molecule has 2 rings (SSSR count). The van der Waals surface area contributed by atoms with Gasteiger partial charge in [0.05, 0.1) is 6.04 Å². The molecule has 0 unspecified atom stereocenters. The predicted molar refractivity (Wildman–Crippen MR) is 65.9 cm³/mol. The molecular weight excluding hydrogens is 273 g/mol. The van der Waals surface area contributed by atoms with Gasteiger partial charge in [0.1, 0.15) is 0 Å². The first kappa shape index (κ1) is 14.6. The van der Waals surface area contributed by atoms with E-state index < -0.39 is 18.2 Å². The molecule has 1 fully saturated rings. The number of amides is 1. The molecule has 1 atom stereocenters. The van der Waals surface area contributed by atoms with Gasteiger partial charge in [0.15, 0.2) is 11.6 Å². The Labute approximate surface area is 114 Å². The van der Waals surface area contributed by atoms with Gasteiger partial charge in [-0.05, 0) is 24.1 Å². The minimum atomic E-state index is -3.06. The number of likely N-dealkylation sites (tertiary alicyclic amines) is 1. The lowest BCUT2D eigenvalue weighted by Gasteiger charge is -2.13. The largest absolute Gasteiger partial charge is 0.432 e. The highest BCUT2D eigenvalue weighted by molar-refractivity contribution is 5.83. The number of nitrogens with zero attached hydrogens (tertiary/aromatic N) is 1. The van der Waals surface area contributed by atoms with Gasteiger partial charge in [0, 0.05) is 20.1 Å². The van der Waals surface area contributed by atoms with Crippen molar-refractivity contribution in [3.8, 4) is 5.75 Å². The third-order valence-electron chi connectivity index (χ3n) is 3.19. The Hall–Kier alpha value is -1.76. The van der Waals surface area contributed by atoms with Crippen LogP contribution in [0.15, 0.2) is 18.2 Å². The van der Waals surface area contributed by atoms with E-state index in [-0.39, 0.29) is 18.5 Å². The average molecular weight is 288 g/mol. The van der Waals surface area contributed by atoms with E-state index in [4.69, 9.17) is 0 Å². The van der Waals surface area contributed by atoms with Gasteiger partial charge < -0.3 is 15.0 Å². The summed E-state index contributed by atoms with van der Waals surface area (Å²) in [4.78, 5) is 13.3. The van der Waals surface area contributed by atoms with Crippen molar-refractivity contribution in [3.05, 3.63) is 29.6 Å². The van der Waals surface area contributed by atoms with Crippen LogP contribution >= 0.6 is 0 Å². The number of carbonyl (C=O) groups is 1. The number of halogens is 3. The second-order valence-electron chi connectivity index (χ2n) is 4.63. The molecule has 20 heavy (non-hydrogen) atoms. The number of benzene rings is 1. The van der Waals surface area contributed by atoms with Gasteiger partial charge in [0.25, 0.3) is 0 Å². The maximum Gasteiger partial charge on any atom is 0.387 e. The number of likely N-dealkylation sites (N-methyl/N-ethyl adjacent to an activating group) is 1. The maximum absolute atomic E-state index is 13.5. The molecule has 0 aliphatic carbocycles. The topological polar surface area (TPSA) is 41.6 Å². The highest BCUT2D eigenvalue weighted by Gasteiger charge is 2.28. The monoisotopic (exact) mass is 288 g/mol. The lowest BCUT2D eigenvalue weighted by atomic mass is 10.2. The van der Waals surface area contributed by atoms with Crippen molar-refractivity contribution < 1.29 is 22.7 Å². The SMILES string of the molecule is CN1CC[C@@H](NCc2ccc(OC(F)F)c(F)c2)C1=O. The fourth-order valence-corrected chi connectivity index (χ4v) is 2.10. The number of alkyl halides is 2. The Morgan fingerprint density at radius 2 is 2.25 bits per heavy atom. The van der Waals surface area contributed by atoms with Crippen LogP contribution in [0.2, 0.25) is 0 Å². The fraction of sp³-hybridized carbons (Fsp3) is 0.462. The third kappa shape index (κ3) is 3.41. The van der Waals surface area contributed by atoms with E-state index >= 15 is 0 Å². The van der Waals surface area contributed by atoms with E-state index in [1.807, 2.05) is 0 Å². The van der Waals surface area contributed by atoms with E-state index in [9.17, 15) is 18.0 Å². The van der Waals surface area contributed by atoms with Gasteiger partial charge in [-0.15, -0.1) is 0 Å². The zero-order valence-corrected chi connectivity index (χ0v) is 10.9. The van der Waals surface area contributed by atoms with Crippen LogP contribution in [-0.2, 0) is 11.3 Å². The number of rotatable bonds is 5. The Balaban J connectivity index is 1.94. The highest BCUT2D eigenvalue weighted by Crippen LogP contribution is 2.20. The minimum Gasteiger partial charge on any atom is -0.432 e. The molecule has 0 radical (unpaired) electrons. The summed E-state index contributed by atoms with van der Waals surface area (Å²) in [6.45, 7) is -2.08. The van der Waals surface area contributed by atoms with Crippen LogP contribution in [0.1, 0.15) is 12.0 Å². The Morgan fingerprint density at radius 3 is 2.80 bits per heavy atom. The molecule has 110 valence electrons. The van der Waals surface area contributed by atoms with Crippen LogP contribution < -0.4 is 10.1 Å². The Bertz CT molecular complexity index is 497. The minimum absolute atomic E-state index is 0.00289. The number of ether oxygens (including phenoxy) is 1. The molecule has 1 aliphatic rings. The quantitative estimate of drug-likeness (QED) is 0.897. The second-order valence-corrected chi connectivity index (χ2v) is 4.63. The predicted octanol–water partition coefficient (Wildman–Crippen LogP) is 1.75. The number of carbonyl (C=O) groups excluding carboxylic acids is 1. The standard InChI is InChI=1S/C13H15F3N2O2/c1-18-5-4-10(12(18)19)17-7-8-2-3-11(9(14)6-8)20-13(15)16/h2-3,6,10,13,17H,4-5,7H2,1H3/t10-/m1/s1. The molecule has 1 saturated heterocycles. The number of nitrogens with one attached hydrogen (secondary N) is 1. The van der Waals surface area contributed by atoms with Crippen LogP contribution in [0.3, 0.4) is 0 Å². The molecule has 4 nitrogen and oxygen atoms in total. The molecule has 7 heteroatoms. The van der Waals surface area contributed by atoms with Crippen LogP contribution in [-0.4, -0.2) is 37.1 Å². The summed E-state index contributed by atoms with van der Waals surface area (Å²) >= 11 is 0. The van der Waals surface area contributed by atoms with Crippen LogP contribution in [0.25, 0.3) is 0 Å². The van der Waals surface area contributed by atoms with Gasteiger partial charge in [-0.1, -0.05) is 6.07 Å². The van der Waals surface area contributed by atoms with Gasteiger partial charge in [-0.25, -0.2) is 4.39 Å². The van der Waals surface area contributed by atoms with Gasteiger partial charge in [-0.2, -0.15) is 8.78 Å². The Morgan fingerprint density at radius 1 is 1.50 bits per heavy atom. The van der Waals surface area contributed by atoms with E-state index in [2.05, 4.69) is 10.1 Å². The smallest absolute Gasteiger partial charge is 0.387 e. The molecule has 1 N–H and O–H groups in total. The molecule has 0 spiro atoms. The molecular formula is C13H15F3N2O2. The van der Waals surface area contributed by atoms with Crippen molar-refractivity contribution >= 4 is 5.91 Å². The van der Waals surface area contributed by atoms with Crippen molar-refractivity contribution in [2.45, 2.75) is 25.6 Å². The number of hydrogen-bond acceptors (Lipinski definition) is 3. The first-order chi connectivity index (χ1) is 9.47. The number of hydrogen-bond donors (Lipinski definition) is 1. The summed E-state index contributed by atoms with van der Waals surface area (Å²) in [5.74, 6) is -1.33. The van der Waals surface area contributed by atoms with Gasteiger partial charge >= 0.3 is 6.61 Å². The first-order valence-corrected chi connectivity index (χ1v) is 6.19. The van der Waals surface area contributed by atoms with Crippen LogP contribution in [0.5, 0.6) is 5.75 Å². The summed E-state index contributed by atoms with van der Waals surface area (Å²) in [6.07, 6.45) is 0.699. The lowest BCUT2D eigenvalue weighted by Crippen LogP contribution is -2.36. The fourth-order valence-electron chi connectivity index (χ4n) is 2.10. The second kappa shape index (κ2) is 6.13. The normalized spacial score (nSPS) is 18.9. The molecule has 1 aromatic carbocycles. The van der Waals surface area contributed by atoms with Crippen molar-refractivity contribution in [2.24, 2.45) is 0 Å². The zero-order chi connectivity index (χ0) is 14.7. The molecule has 0 bridgehead atoms. The van der Waals surface area contributed by atoms with E-state index in [1.165, 1.54) is 6.07 Å². The molecule has 1 aliphatic heterocycles. The van der Waals surface area contributed by atoms with Crippen molar-refractivity contribution in [3.63, 3.8) is 0 Å². The van der Waals surface area contributed by atoms with E-state index in [0.29, 0.717) is 18.5 Å². The van der Waals surface area contributed by atoms with Gasteiger partial charge in [0.2, 0.25) is 5.91 Å². The summed E-state index contributed by atoms with van der Waals surface area (Å²) in [7, 11) is 1.72. The molecule has 1 amide bonds. The molecule has 1 aromatic rings. The molecule has 0 saturated carbocycles. The van der Waals surface area contributed by atoms with Crippen molar-refractivity contribution in [1.82, 2.24) is 10.2 Å². The van der Waals surface area contributed by atoms with Crippen molar-refractivity contribution in [1.29, 1.82) is 0 Å². The molecule has 0 aromatic heterocycles. The zero-order valence-electron chi connectivity index (χ0n) is 10.9. The Kier molecular flexibility index (Phi) is 4.49. The highest BCUT2D eigenvalue weighted by atomic mass is 19.3. The van der Waals surface area contributed by atoms with Crippen molar-refractivity contribution in [2.75, 3.05) is 13.6 Å². The molecule has 1 heterocycles. The summed E-state index contributed by atoms with van der Waals surface area (Å²) < 4.78 is 41.5. The van der Waals surface area contributed by atoms with E-state index in [0.717, 1.165) is 12.1 Å². The van der Waals surface area contributed by atoms with Gasteiger partial charge in [-0.3, -0.25) is 4.79 Å². The van der Waals surface area contributed by atoms with Crippen LogP contribution in [0, 0.1) is 5.82 Å². The lowest BCUT2D eigenvalue weighted by molar-refractivity contribution is -0.128. The summed E-state index contributed by atoms with van der Waals surface area (Å²) in [5.41, 5.74) is 0.562. The maximum atomic E-state index is 13.5.